The number of hydrogen-bond donors (Lipinski definition) is 3. The van der Waals surface area contributed by atoms with Gasteiger partial charge in [-0.05, 0) is 31.0 Å². The normalized spacial score (nSPS) is 10.1. The summed E-state index contributed by atoms with van der Waals surface area (Å²) in [6.07, 6.45) is 3.18. The van der Waals surface area contributed by atoms with Crippen molar-refractivity contribution >= 4 is 35.0 Å². The smallest absolute Gasteiger partial charge is 0.238 e. The van der Waals surface area contributed by atoms with Crippen molar-refractivity contribution in [3.8, 4) is 0 Å². The SMILES string of the molecule is CCCCCC(=O)NNC(=O)CCC(=O)Nc1cccc(Cl)c1C. The third-order valence-corrected chi connectivity index (χ3v) is 3.88. The van der Waals surface area contributed by atoms with Gasteiger partial charge in [-0.3, -0.25) is 25.2 Å². The average Bonchev–Trinajstić information content (AvgIpc) is 2.55. The number of carbonyl (C=O) groups is 3. The molecule has 132 valence electrons. The molecule has 0 aliphatic carbocycles. The summed E-state index contributed by atoms with van der Waals surface area (Å²) < 4.78 is 0. The van der Waals surface area contributed by atoms with Crippen molar-refractivity contribution in [1.29, 1.82) is 0 Å². The molecule has 0 aliphatic rings. The van der Waals surface area contributed by atoms with E-state index in [0.29, 0.717) is 17.1 Å². The molecule has 1 aromatic carbocycles. The lowest BCUT2D eigenvalue weighted by Gasteiger charge is -2.10. The highest BCUT2D eigenvalue weighted by Crippen LogP contribution is 2.22. The first-order chi connectivity index (χ1) is 11.4. The third kappa shape index (κ3) is 7.46. The van der Waals surface area contributed by atoms with Crippen LogP contribution >= 0.6 is 11.6 Å². The summed E-state index contributed by atoms with van der Waals surface area (Å²) >= 11 is 5.99. The van der Waals surface area contributed by atoms with Crippen LogP contribution in [-0.4, -0.2) is 17.7 Å². The number of anilines is 1. The Labute approximate surface area is 147 Å². The number of rotatable bonds is 8. The van der Waals surface area contributed by atoms with Gasteiger partial charge < -0.3 is 5.32 Å². The Morgan fingerprint density at radius 1 is 0.958 bits per heavy atom. The molecule has 0 saturated carbocycles. The number of benzene rings is 1. The monoisotopic (exact) mass is 353 g/mol. The predicted molar refractivity (Wildman–Crippen MR) is 94.5 cm³/mol. The molecule has 24 heavy (non-hydrogen) atoms. The van der Waals surface area contributed by atoms with Gasteiger partial charge in [0.25, 0.3) is 0 Å². The minimum absolute atomic E-state index is 0.0132. The van der Waals surface area contributed by atoms with Gasteiger partial charge in [0.1, 0.15) is 0 Å². The maximum absolute atomic E-state index is 11.9. The molecule has 0 aromatic heterocycles. The Morgan fingerprint density at radius 3 is 2.25 bits per heavy atom. The van der Waals surface area contributed by atoms with Gasteiger partial charge >= 0.3 is 0 Å². The molecule has 0 atom stereocenters. The molecule has 0 unspecified atom stereocenters. The first-order valence-electron chi connectivity index (χ1n) is 8.06. The second kappa shape index (κ2) is 10.6. The summed E-state index contributed by atoms with van der Waals surface area (Å²) in [5.41, 5.74) is 6.05. The first kappa shape index (κ1) is 20.0. The molecule has 1 rings (SSSR count). The second-order valence-electron chi connectivity index (χ2n) is 5.51. The Hall–Kier alpha value is -2.08. The molecule has 7 heteroatoms. The number of carbonyl (C=O) groups excluding carboxylic acids is 3. The van der Waals surface area contributed by atoms with Crippen molar-refractivity contribution in [3.05, 3.63) is 28.8 Å². The second-order valence-corrected chi connectivity index (χ2v) is 5.92. The van der Waals surface area contributed by atoms with Crippen molar-refractivity contribution in [2.24, 2.45) is 0 Å². The molecule has 0 aliphatic heterocycles. The van der Waals surface area contributed by atoms with E-state index < -0.39 is 5.91 Å². The fourth-order valence-electron chi connectivity index (χ4n) is 1.98. The number of amides is 3. The van der Waals surface area contributed by atoms with E-state index in [4.69, 9.17) is 11.6 Å². The Kier molecular flexibility index (Phi) is 8.86. The summed E-state index contributed by atoms with van der Waals surface area (Å²) in [6.45, 7) is 3.86. The first-order valence-corrected chi connectivity index (χ1v) is 8.44. The van der Waals surface area contributed by atoms with Gasteiger partial charge in [0.05, 0.1) is 0 Å². The van der Waals surface area contributed by atoms with Gasteiger partial charge in [-0.1, -0.05) is 37.4 Å². The fraction of sp³-hybridized carbons (Fsp3) is 0.471. The van der Waals surface area contributed by atoms with Crippen LogP contribution in [-0.2, 0) is 14.4 Å². The highest BCUT2D eigenvalue weighted by molar-refractivity contribution is 6.31. The predicted octanol–water partition coefficient (Wildman–Crippen LogP) is 3.09. The lowest BCUT2D eigenvalue weighted by atomic mass is 10.2. The molecule has 0 saturated heterocycles. The highest BCUT2D eigenvalue weighted by Gasteiger charge is 2.10. The van der Waals surface area contributed by atoms with Crippen LogP contribution in [0.4, 0.5) is 5.69 Å². The maximum atomic E-state index is 11.9. The zero-order valence-corrected chi connectivity index (χ0v) is 14.8. The van der Waals surface area contributed by atoms with E-state index in [-0.39, 0.29) is 24.7 Å². The summed E-state index contributed by atoms with van der Waals surface area (Å²) in [4.78, 5) is 35.0. The van der Waals surface area contributed by atoms with E-state index in [1.807, 2.05) is 0 Å². The lowest BCUT2D eigenvalue weighted by Crippen LogP contribution is -2.41. The number of nitrogens with one attached hydrogen (secondary N) is 3. The van der Waals surface area contributed by atoms with Crippen LogP contribution in [0, 0.1) is 6.92 Å². The average molecular weight is 354 g/mol. The van der Waals surface area contributed by atoms with Gasteiger partial charge in [-0.2, -0.15) is 0 Å². The van der Waals surface area contributed by atoms with Crippen LogP contribution in [0.15, 0.2) is 18.2 Å². The summed E-state index contributed by atoms with van der Waals surface area (Å²) in [6, 6.07) is 5.23. The quantitative estimate of drug-likeness (QED) is 0.495. The molecule has 3 amide bonds. The van der Waals surface area contributed by atoms with Crippen molar-refractivity contribution in [2.75, 3.05) is 5.32 Å². The molecular weight excluding hydrogens is 330 g/mol. The highest BCUT2D eigenvalue weighted by atomic mass is 35.5. The molecule has 0 heterocycles. The van der Waals surface area contributed by atoms with Gasteiger partial charge in [0, 0.05) is 30.0 Å². The molecule has 0 radical (unpaired) electrons. The van der Waals surface area contributed by atoms with Crippen LogP contribution in [0.25, 0.3) is 0 Å². The van der Waals surface area contributed by atoms with E-state index >= 15 is 0 Å². The zero-order chi connectivity index (χ0) is 17.9. The molecule has 3 N–H and O–H groups in total. The molecule has 6 nitrogen and oxygen atoms in total. The van der Waals surface area contributed by atoms with E-state index in [9.17, 15) is 14.4 Å². The Morgan fingerprint density at radius 2 is 1.58 bits per heavy atom. The standard InChI is InChI=1S/C17H24ClN3O3/c1-3-4-5-9-16(23)20-21-17(24)11-10-15(22)19-14-8-6-7-13(18)12(14)2/h6-8H,3-5,9-11H2,1-2H3,(H,19,22)(H,20,23)(H,21,24). The minimum atomic E-state index is -0.406. The fourth-order valence-corrected chi connectivity index (χ4v) is 2.16. The van der Waals surface area contributed by atoms with Gasteiger partial charge in [-0.25, -0.2) is 0 Å². The van der Waals surface area contributed by atoms with Crippen molar-refractivity contribution in [2.45, 2.75) is 52.4 Å². The molecule has 0 bridgehead atoms. The van der Waals surface area contributed by atoms with Crippen molar-refractivity contribution in [3.63, 3.8) is 0 Å². The van der Waals surface area contributed by atoms with E-state index in [1.54, 1.807) is 25.1 Å². The molecule has 0 fully saturated rings. The van der Waals surface area contributed by atoms with Crippen molar-refractivity contribution < 1.29 is 14.4 Å². The number of hydrogen-bond acceptors (Lipinski definition) is 3. The summed E-state index contributed by atoms with van der Waals surface area (Å²) in [7, 11) is 0. The van der Waals surface area contributed by atoms with Crippen LogP contribution in [0.1, 0.15) is 51.0 Å². The topological polar surface area (TPSA) is 87.3 Å². The number of hydrazine groups is 1. The van der Waals surface area contributed by atoms with Crippen LogP contribution < -0.4 is 16.2 Å². The van der Waals surface area contributed by atoms with Crippen LogP contribution in [0.3, 0.4) is 0 Å². The summed E-state index contributed by atoms with van der Waals surface area (Å²) in [5, 5.41) is 3.28. The van der Waals surface area contributed by atoms with E-state index in [0.717, 1.165) is 24.8 Å². The van der Waals surface area contributed by atoms with Gasteiger partial charge in [-0.15, -0.1) is 0 Å². The molecule has 1 aromatic rings. The molecular formula is C17H24ClN3O3. The minimum Gasteiger partial charge on any atom is -0.326 e. The number of halogens is 1. The van der Waals surface area contributed by atoms with E-state index in [2.05, 4.69) is 23.1 Å². The summed E-state index contributed by atoms with van der Waals surface area (Å²) in [5.74, 6) is -0.919. The Balaban J connectivity index is 2.27. The zero-order valence-electron chi connectivity index (χ0n) is 14.1. The number of unbranched alkanes of at least 4 members (excludes halogenated alkanes) is 2. The van der Waals surface area contributed by atoms with Gasteiger partial charge in [0.15, 0.2) is 0 Å². The Bertz CT molecular complexity index is 590. The molecule has 0 spiro atoms. The van der Waals surface area contributed by atoms with Gasteiger partial charge in [0.2, 0.25) is 17.7 Å². The van der Waals surface area contributed by atoms with E-state index in [1.165, 1.54) is 0 Å². The lowest BCUT2D eigenvalue weighted by molar-refractivity contribution is -0.129. The van der Waals surface area contributed by atoms with Crippen molar-refractivity contribution in [1.82, 2.24) is 10.9 Å². The maximum Gasteiger partial charge on any atom is 0.238 e. The van der Waals surface area contributed by atoms with Crippen LogP contribution in [0.5, 0.6) is 0 Å². The largest absolute Gasteiger partial charge is 0.326 e. The van der Waals surface area contributed by atoms with Crippen LogP contribution in [0.2, 0.25) is 5.02 Å². The third-order valence-electron chi connectivity index (χ3n) is 3.47.